The van der Waals surface area contributed by atoms with Crippen LogP contribution in [0.2, 0.25) is 0 Å². The molecule has 0 atom stereocenters. The first-order chi connectivity index (χ1) is 10.2. The summed E-state index contributed by atoms with van der Waals surface area (Å²) in [5.74, 6) is 8.38. The molecule has 0 bridgehead atoms. The predicted molar refractivity (Wildman–Crippen MR) is 83.0 cm³/mol. The summed E-state index contributed by atoms with van der Waals surface area (Å²) < 4.78 is 5.54. The van der Waals surface area contributed by atoms with Gasteiger partial charge in [0.05, 0.1) is 6.61 Å². The van der Waals surface area contributed by atoms with Gasteiger partial charge in [-0.1, -0.05) is 13.8 Å². The molecule has 1 aromatic carbocycles. The molecule has 3 N–H and O–H groups in total. The van der Waals surface area contributed by atoms with Crippen LogP contribution >= 0.6 is 0 Å². The smallest absolute Gasteiger partial charge is 0.161 e. The monoisotopic (exact) mass is 284 g/mol. The largest absolute Gasteiger partial charge is 0.493 e. The third kappa shape index (κ3) is 2.97. The molecule has 110 valence electrons. The predicted octanol–water partition coefficient (Wildman–Crippen LogP) is 2.56. The zero-order valence-corrected chi connectivity index (χ0v) is 12.4. The molecule has 5 heteroatoms. The third-order valence-electron chi connectivity index (χ3n) is 3.49. The van der Waals surface area contributed by atoms with E-state index < -0.39 is 0 Å². The van der Waals surface area contributed by atoms with E-state index >= 15 is 0 Å². The maximum atomic E-state index is 5.54. The SMILES string of the molecule is CC(C)Cc1cc(NN)nc(-c2ccc3c(c2)CCO3)n1. The lowest BCUT2D eigenvalue weighted by molar-refractivity contribution is 0.357. The van der Waals surface area contributed by atoms with E-state index in [1.807, 2.05) is 18.2 Å². The Kier molecular flexibility index (Phi) is 3.75. The van der Waals surface area contributed by atoms with Crippen molar-refractivity contribution in [1.29, 1.82) is 0 Å². The number of nitrogens with zero attached hydrogens (tertiary/aromatic N) is 2. The van der Waals surface area contributed by atoms with Gasteiger partial charge in [0.2, 0.25) is 0 Å². The number of fused-ring (bicyclic) bond motifs is 1. The molecule has 1 aliphatic rings. The summed E-state index contributed by atoms with van der Waals surface area (Å²) in [5.41, 5.74) is 5.84. The lowest BCUT2D eigenvalue weighted by Gasteiger charge is -2.10. The number of hydrogen-bond donors (Lipinski definition) is 2. The minimum absolute atomic E-state index is 0.534. The summed E-state index contributed by atoms with van der Waals surface area (Å²) in [5, 5.41) is 0. The van der Waals surface area contributed by atoms with Crippen LogP contribution in [0.3, 0.4) is 0 Å². The highest BCUT2D eigenvalue weighted by Gasteiger charge is 2.14. The standard InChI is InChI=1S/C16H20N4O/c1-10(2)7-13-9-15(20-17)19-16(18-13)12-3-4-14-11(8-12)5-6-21-14/h3-4,8-10H,5-7,17H2,1-2H3,(H,18,19,20). The zero-order valence-electron chi connectivity index (χ0n) is 12.4. The topological polar surface area (TPSA) is 73.1 Å². The normalized spacial score (nSPS) is 13.1. The summed E-state index contributed by atoms with van der Waals surface area (Å²) in [7, 11) is 0. The van der Waals surface area contributed by atoms with Crippen molar-refractivity contribution < 1.29 is 4.74 Å². The van der Waals surface area contributed by atoms with Gasteiger partial charge >= 0.3 is 0 Å². The molecule has 1 aliphatic heterocycles. The molecule has 3 rings (SSSR count). The van der Waals surface area contributed by atoms with Crippen LogP contribution in [0.1, 0.15) is 25.1 Å². The number of rotatable bonds is 4. The number of nitrogens with one attached hydrogen (secondary N) is 1. The van der Waals surface area contributed by atoms with Crippen molar-refractivity contribution in [2.75, 3.05) is 12.0 Å². The van der Waals surface area contributed by atoms with Gasteiger partial charge in [0.25, 0.3) is 0 Å². The fraction of sp³-hybridized carbons (Fsp3) is 0.375. The molecule has 21 heavy (non-hydrogen) atoms. The summed E-state index contributed by atoms with van der Waals surface area (Å²) in [6, 6.07) is 8.00. The van der Waals surface area contributed by atoms with Gasteiger partial charge in [0.1, 0.15) is 11.6 Å². The van der Waals surface area contributed by atoms with E-state index in [1.165, 1.54) is 5.56 Å². The Morgan fingerprint density at radius 1 is 1.29 bits per heavy atom. The fourth-order valence-corrected chi connectivity index (χ4v) is 2.55. The summed E-state index contributed by atoms with van der Waals surface area (Å²) >= 11 is 0. The van der Waals surface area contributed by atoms with Gasteiger partial charge in [-0.05, 0) is 36.1 Å². The first kappa shape index (κ1) is 13.8. The molecule has 0 unspecified atom stereocenters. The molecule has 1 aromatic heterocycles. The first-order valence-corrected chi connectivity index (χ1v) is 7.26. The van der Waals surface area contributed by atoms with Crippen molar-refractivity contribution in [3.63, 3.8) is 0 Å². The van der Waals surface area contributed by atoms with E-state index in [4.69, 9.17) is 10.6 Å². The number of aromatic nitrogens is 2. The molecule has 0 amide bonds. The van der Waals surface area contributed by atoms with E-state index in [-0.39, 0.29) is 0 Å². The van der Waals surface area contributed by atoms with E-state index in [9.17, 15) is 0 Å². The molecule has 0 radical (unpaired) electrons. The highest BCUT2D eigenvalue weighted by Crippen LogP contribution is 2.29. The van der Waals surface area contributed by atoms with Gasteiger partial charge < -0.3 is 10.2 Å². The van der Waals surface area contributed by atoms with Crippen LogP contribution in [0.4, 0.5) is 5.82 Å². The molecule has 0 aliphatic carbocycles. The first-order valence-electron chi connectivity index (χ1n) is 7.26. The van der Waals surface area contributed by atoms with Crippen molar-refractivity contribution >= 4 is 5.82 Å². The minimum Gasteiger partial charge on any atom is -0.493 e. The molecule has 0 saturated heterocycles. The summed E-state index contributed by atoms with van der Waals surface area (Å²) in [4.78, 5) is 9.14. The molecule has 2 heterocycles. The zero-order chi connectivity index (χ0) is 14.8. The van der Waals surface area contributed by atoms with Gasteiger partial charge in [-0.3, -0.25) is 0 Å². The average molecular weight is 284 g/mol. The van der Waals surface area contributed by atoms with Gasteiger partial charge in [0, 0.05) is 23.7 Å². The van der Waals surface area contributed by atoms with Gasteiger partial charge in [-0.15, -0.1) is 0 Å². The minimum atomic E-state index is 0.534. The van der Waals surface area contributed by atoms with E-state index in [0.717, 1.165) is 36.5 Å². The van der Waals surface area contributed by atoms with Crippen molar-refractivity contribution in [3.8, 4) is 17.1 Å². The molecule has 2 aromatic rings. The number of nitrogens with two attached hydrogens (primary N) is 1. The van der Waals surface area contributed by atoms with Crippen LogP contribution < -0.4 is 16.0 Å². The fourth-order valence-electron chi connectivity index (χ4n) is 2.55. The molecule has 0 saturated carbocycles. The van der Waals surface area contributed by atoms with Gasteiger partial charge in [0.15, 0.2) is 5.82 Å². The molecule has 0 spiro atoms. The van der Waals surface area contributed by atoms with Gasteiger partial charge in [-0.25, -0.2) is 15.8 Å². The Labute approximate surface area is 124 Å². The molecule has 5 nitrogen and oxygen atoms in total. The quantitative estimate of drug-likeness (QED) is 0.667. The maximum Gasteiger partial charge on any atom is 0.161 e. The Hall–Kier alpha value is -2.14. The Balaban J connectivity index is 2.00. The Morgan fingerprint density at radius 2 is 2.14 bits per heavy atom. The van der Waals surface area contributed by atoms with E-state index in [1.54, 1.807) is 0 Å². The second kappa shape index (κ2) is 5.69. The number of anilines is 1. The van der Waals surface area contributed by atoms with Crippen LogP contribution in [0.5, 0.6) is 5.75 Å². The molecular formula is C16H20N4O. The van der Waals surface area contributed by atoms with Crippen LogP contribution in [-0.2, 0) is 12.8 Å². The average Bonchev–Trinajstić information content (AvgIpc) is 2.93. The van der Waals surface area contributed by atoms with E-state index in [0.29, 0.717) is 17.6 Å². The lowest BCUT2D eigenvalue weighted by atomic mass is 10.1. The molecule has 0 fully saturated rings. The summed E-state index contributed by atoms with van der Waals surface area (Å²) in [6.45, 7) is 5.09. The van der Waals surface area contributed by atoms with Crippen LogP contribution in [0, 0.1) is 5.92 Å². The highest BCUT2D eigenvalue weighted by molar-refractivity contribution is 5.61. The molecular weight excluding hydrogens is 264 g/mol. The van der Waals surface area contributed by atoms with Crippen molar-refractivity contribution in [2.24, 2.45) is 11.8 Å². The summed E-state index contributed by atoms with van der Waals surface area (Å²) in [6.07, 6.45) is 1.84. The van der Waals surface area contributed by atoms with Crippen LogP contribution in [-0.4, -0.2) is 16.6 Å². The van der Waals surface area contributed by atoms with Gasteiger partial charge in [-0.2, -0.15) is 0 Å². The second-order valence-corrected chi connectivity index (χ2v) is 5.73. The third-order valence-corrected chi connectivity index (χ3v) is 3.49. The number of nitrogen functional groups attached to an aromatic ring is 1. The number of hydrazine groups is 1. The van der Waals surface area contributed by atoms with Crippen molar-refractivity contribution in [3.05, 3.63) is 35.5 Å². The Morgan fingerprint density at radius 3 is 2.90 bits per heavy atom. The maximum absolute atomic E-state index is 5.54. The lowest BCUT2D eigenvalue weighted by Crippen LogP contribution is -2.11. The van der Waals surface area contributed by atoms with Crippen molar-refractivity contribution in [2.45, 2.75) is 26.7 Å². The number of benzene rings is 1. The van der Waals surface area contributed by atoms with Crippen LogP contribution in [0.15, 0.2) is 24.3 Å². The highest BCUT2D eigenvalue weighted by atomic mass is 16.5. The Bertz CT molecular complexity index is 655. The number of hydrogen-bond acceptors (Lipinski definition) is 5. The van der Waals surface area contributed by atoms with E-state index in [2.05, 4.69) is 35.3 Å². The second-order valence-electron chi connectivity index (χ2n) is 5.73. The van der Waals surface area contributed by atoms with Crippen LogP contribution in [0.25, 0.3) is 11.4 Å². The number of ether oxygens (including phenoxy) is 1. The van der Waals surface area contributed by atoms with Crippen molar-refractivity contribution in [1.82, 2.24) is 9.97 Å².